The van der Waals surface area contributed by atoms with Gasteiger partial charge < -0.3 is 9.84 Å². The molecule has 5 nitrogen and oxygen atoms in total. The van der Waals surface area contributed by atoms with E-state index in [1.807, 2.05) is 31.2 Å². The second-order valence-electron chi connectivity index (χ2n) is 3.35. The molecule has 0 saturated carbocycles. The molecule has 0 aliphatic carbocycles. The quantitative estimate of drug-likeness (QED) is 0.839. The summed E-state index contributed by atoms with van der Waals surface area (Å²) in [7, 11) is 1.62. The van der Waals surface area contributed by atoms with E-state index in [1.165, 1.54) is 0 Å². The molecule has 16 heavy (non-hydrogen) atoms. The van der Waals surface area contributed by atoms with Crippen LogP contribution in [0.2, 0.25) is 0 Å². The van der Waals surface area contributed by atoms with E-state index in [2.05, 4.69) is 10.2 Å². The highest BCUT2D eigenvalue weighted by Gasteiger charge is 2.09. The Morgan fingerprint density at radius 2 is 1.94 bits per heavy atom. The van der Waals surface area contributed by atoms with Crippen molar-refractivity contribution in [3.63, 3.8) is 0 Å². The van der Waals surface area contributed by atoms with Crippen molar-refractivity contribution >= 4 is 0 Å². The maximum Gasteiger partial charge on any atom is 0.163 e. The van der Waals surface area contributed by atoms with Gasteiger partial charge in [0.15, 0.2) is 5.82 Å². The van der Waals surface area contributed by atoms with Gasteiger partial charge in [-0.25, -0.2) is 0 Å². The normalized spacial score (nSPS) is 10.4. The third kappa shape index (κ3) is 1.77. The third-order valence-electron chi connectivity index (χ3n) is 2.36. The Morgan fingerprint density at radius 1 is 1.25 bits per heavy atom. The van der Waals surface area contributed by atoms with Crippen molar-refractivity contribution in [1.82, 2.24) is 14.8 Å². The maximum absolute atomic E-state index is 9.15. The van der Waals surface area contributed by atoms with Crippen LogP contribution in [0.15, 0.2) is 24.3 Å². The predicted molar refractivity (Wildman–Crippen MR) is 58.6 cm³/mol. The molecule has 0 radical (unpaired) electrons. The number of aliphatic hydroxyl groups is 1. The summed E-state index contributed by atoms with van der Waals surface area (Å²) in [5.41, 5.74) is 0.910. The minimum absolute atomic E-state index is 0.132. The number of hydrogen-bond acceptors (Lipinski definition) is 4. The molecule has 0 amide bonds. The number of methoxy groups -OCH3 is 1. The highest BCUT2D eigenvalue weighted by atomic mass is 16.5. The lowest BCUT2D eigenvalue weighted by atomic mass is 10.3. The van der Waals surface area contributed by atoms with Crippen LogP contribution in [-0.4, -0.2) is 27.0 Å². The van der Waals surface area contributed by atoms with Crippen LogP contribution in [0.4, 0.5) is 0 Å². The van der Waals surface area contributed by atoms with E-state index in [1.54, 1.807) is 11.7 Å². The first-order chi connectivity index (χ1) is 7.76. The molecule has 1 aromatic carbocycles. The molecule has 1 aromatic heterocycles. The van der Waals surface area contributed by atoms with Gasteiger partial charge in [0.05, 0.1) is 7.11 Å². The van der Waals surface area contributed by atoms with E-state index in [4.69, 9.17) is 9.84 Å². The molecular formula is C11H13N3O2. The lowest BCUT2D eigenvalue weighted by molar-refractivity contribution is 0.268. The van der Waals surface area contributed by atoms with E-state index in [0.29, 0.717) is 5.82 Å². The van der Waals surface area contributed by atoms with Crippen LogP contribution in [0, 0.1) is 6.92 Å². The van der Waals surface area contributed by atoms with Crippen molar-refractivity contribution in [3.05, 3.63) is 35.9 Å². The largest absolute Gasteiger partial charge is 0.497 e. The van der Waals surface area contributed by atoms with Crippen LogP contribution in [0.5, 0.6) is 5.75 Å². The lowest BCUT2D eigenvalue weighted by Gasteiger charge is -2.07. The first kappa shape index (κ1) is 10.6. The summed E-state index contributed by atoms with van der Waals surface area (Å²) in [6, 6.07) is 7.51. The minimum Gasteiger partial charge on any atom is -0.497 e. The number of aromatic nitrogens is 3. The maximum atomic E-state index is 9.15. The first-order valence-electron chi connectivity index (χ1n) is 4.92. The van der Waals surface area contributed by atoms with Gasteiger partial charge in [0.2, 0.25) is 0 Å². The molecule has 0 aliphatic rings. The number of nitrogens with zero attached hydrogens (tertiary/aromatic N) is 3. The molecule has 0 aliphatic heterocycles. The molecule has 1 N–H and O–H groups in total. The lowest BCUT2D eigenvalue weighted by Crippen LogP contribution is -2.02. The highest BCUT2D eigenvalue weighted by Crippen LogP contribution is 2.17. The van der Waals surface area contributed by atoms with Crippen LogP contribution in [0.1, 0.15) is 11.6 Å². The van der Waals surface area contributed by atoms with Gasteiger partial charge in [0.25, 0.3) is 0 Å². The molecule has 0 unspecified atom stereocenters. The number of ether oxygens (including phenoxy) is 1. The van der Waals surface area contributed by atoms with Crippen molar-refractivity contribution in [3.8, 4) is 11.4 Å². The Morgan fingerprint density at radius 3 is 2.50 bits per heavy atom. The Bertz CT molecular complexity index is 476. The summed E-state index contributed by atoms with van der Waals surface area (Å²) >= 11 is 0. The zero-order valence-corrected chi connectivity index (χ0v) is 9.21. The van der Waals surface area contributed by atoms with E-state index < -0.39 is 0 Å². The van der Waals surface area contributed by atoms with Gasteiger partial charge in [0, 0.05) is 5.69 Å². The van der Waals surface area contributed by atoms with Gasteiger partial charge in [-0.3, -0.25) is 4.57 Å². The van der Waals surface area contributed by atoms with Crippen LogP contribution in [0.3, 0.4) is 0 Å². The monoisotopic (exact) mass is 219 g/mol. The van der Waals surface area contributed by atoms with Crippen LogP contribution in [0.25, 0.3) is 5.69 Å². The van der Waals surface area contributed by atoms with Gasteiger partial charge in [-0.05, 0) is 31.2 Å². The fourth-order valence-corrected chi connectivity index (χ4v) is 1.58. The van der Waals surface area contributed by atoms with Crippen molar-refractivity contribution in [1.29, 1.82) is 0 Å². The van der Waals surface area contributed by atoms with Crippen LogP contribution in [-0.2, 0) is 6.61 Å². The van der Waals surface area contributed by atoms with E-state index >= 15 is 0 Å². The van der Waals surface area contributed by atoms with Gasteiger partial charge >= 0.3 is 0 Å². The van der Waals surface area contributed by atoms with Gasteiger partial charge in [-0.1, -0.05) is 0 Å². The molecule has 2 aromatic rings. The van der Waals surface area contributed by atoms with Crippen LogP contribution >= 0.6 is 0 Å². The second kappa shape index (κ2) is 4.32. The Kier molecular flexibility index (Phi) is 2.87. The molecule has 84 valence electrons. The summed E-state index contributed by atoms with van der Waals surface area (Å²) < 4.78 is 6.89. The second-order valence-corrected chi connectivity index (χ2v) is 3.35. The summed E-state index contributed by atoms with van der Waals surface area (Å²) in [6.45, 7) is 1.71. The van der Waals surface area contributed by atoms with Gasteiger partial charge in [-0.15, -0.1) is 10.2 Å². The average Bonchev–Trinajstić information content (AvgIpc) is 2.70. The van der Waals surface area contributed by atoms with Crippen molar-refractivity contribution in [2.75, 3.05) is 7.11 Å². The molecule has 2 rings (SSSR count). The fourth-order valence-electron chi connectivity index (χ4n) is 1.58. The smallest absolute Gasteiger partial charge is 0.163 e. The van der Waals surface area contributed by atoms with Crippen molar-refractivity contribution in [2.45, 2.75) is 13.5 Å². The predicted octanol–water partition coefficient (Wildman–Crippen LogP) is 1.08. The molecule has 0 spiro atoms. The molecule has 0 atom stereocenters. The Balaban J connectivity index is 2.45. The van der Waals surface area contributed by atoms with Gasteiger partial charge in [0.1, 0.15) is 18.2 Å². The number of rotatable bonds is 3. The fraction of sp³-hybridized carbons (Fsp3) is 0.273. The number of benzene rings is 1. The summed E-state index contributed by atoms with van der Waals surface area (Å²) in [5.74, 6) is 2.07. The van der Waals surface area contributed by atoms with E-state index in [0.717, 1.165) is 17.3 Å². The minimum atomic E-state index is -0.132. The summed E-state index contributed by atoms with van der Waals surface area (Å²) in [4.78, 5) is 0. The van der Waals surface area contributed by atoms with Crippen LogP contribution < -0.4 is 4.74 Å². The number of hydrogen-bond donors (Lipinski definition) is 1. The van der Waals surface area contributed by atoms with E-state index in [-0.39, 0.29) is 6.61 Å². The number of aryl methyl sites for hydroxylation is 1. The highest BCUT2D eigenvalue weighted by molar-refractivity contribution is 5.38. The zero-order chi connectivity index (χ0) is 11.5. The molecule has 5 heteroatoms. The standard InChI is InChI=1S/C11H13N3O2/c1-8-12-13-11(7-15)14(8)9-3-5-10(16-2)6-4-9/h3-6,15H,7H2,1-2H3. The summed E-state index contributed by atoms with van der Waals surface area (Å²) in [6.07, 6.45) is 0. The molecule has 0 bridgehead atoms. The molecule has 1 heterocycles. The molecule has 0 saturated heterocycles. The van der Waals surface area contributed by atoms with E-state index in [9.17, 15) is 0 Å². The molecule has 0 fully saturated rings. The topological polar surface area (TPSA) is 60.2 Å². The first-order valence-corrected chi connectivity index (χ1v) is 4.92. The molecular weight excluding hydrogens is 206 g/mol. The number of aliphatic hydroxyl groups excluding tert-OH is 1. The summed E-state index contributed by atoms with van der Waals surface area (Å²) in [5, 5.41) is 17.0. The van der Waals surface area contributed by atoms with Gasteiger partial charge in [-0.2, -0.15) is 0 Å². The Hall–Kier alpha value is -1.88. The SMILES string of the molecule is COc1ccc(-n2c(C)nnc2CO)cc1. The third-order valence-corrected chi connectivity index (χ3v) is 2.36. The zero-order valence-electron chi connectivity index (χ0n) is 9.21. The van der Waals surface area contributed by atoms with Crippen molar-refractivity contribution < 1.29 is 9.84 Å². The Labute approximate surface area is 93.3 Å². The van der Waals surface area contributed by atoms with Crippen molar-refractivity contribution in [2.24, 2.45) is 0 Å². The average molecular weight is 219 g/mol.